The summed E-state index contributed by atoms with van der Waals surface area (Å²) in [4.78, 5) is 14.1. The first-order valence-corrected chi connectivity index (χ1v) is 7.16. The highest BCUT2D eigenvalue weighted by molar-refractivity contribution is 6.34. The van der Waals surface area contributed by atoms with E-state index in [1.54, 1.807) is 12.1 Å². The Kier molecular flexibility index (Phi) is 7.23. The van der Waals surface area contributed by atoms with E-state index in [1.165, 1.54) is 12.3 Å². The average Bonchev–Trinajstić information content (AvgIpc) is 2.45. The van der Waals surface area contributed by atoms with Crippen molar-refractivity contribution in [3.63, 3.8) is 0 Å². The molecule has 1 amide bonds. The number of hydrogen-bond acceptors (Lipinski definition) is 5. The highest BCUT2D eigenvalue weighted by atomic mass is 35.5. The first-order valence-electron chi connectivity index (χ1n) is 6.78. The molecule has 7 heteroatoms. The number of anilines is 2. The first-order chi connectivity index (χ1) is 10.4. The third-order valence-electron chi connectivity index (χ3n) is 2.78. The van der Waals surface area contributed by atoms with Crippen molar-refractivity contribution >= 4 is 28.9 Å². The van der Waals surface area contributed by atoms with Crippen LogP contribution in [-0.4, -0.2) is 38.0 Å². The Morgan fingerprint density at radius 1 is 1.50 bits per heavy atom. The average molecular weight is 322 g/mol. The van der Waals surface area contributed by atoms with Gasteiger partial charge in [-0.25, -0.2) is 0 Å². The lowest BCUT2D eigenvalue weighted by Gasteiger charge is -2.09. The van der Waals surface area contributed by atoms with Gasteiger partial charge < -0.3 is 21.3 Å². The van der Waals surface area contributed by atoms with Crippen LogP contribution in [0.25, 0.3) is 0 Å². The van der Waals surface area contributed by atoms with Crippen molar-refractivity contribution in [2.45, 2.75) is 6.42 Å². The molecule has 0 radical (unpaired) electrons. The van der Waals surface area contributed by atoms with Gasteiger partial charge in [-0.2, -0.15) is 5.26 Å². The van der Waals surface area contributed by atoms with E-state index >= 15 is 0 Å². The van der Waals surface area contributed by atoms with Gasteiger partial charge in [-0.05, 0) is 45.3 Å². The van der Waals surface area contributed by atoms with Gasteiger partial charge in [0, 0.05) is 18.4 Å². The summed E-state index contributed by atoms with van der Waals surface area (Å²) in [7, 11) is 3.97. The van der Waals surface area contributed by atoms with E-state index in [4.69, 9.17) is 22.6 Å². The van der Waals surface area contributed by atoms with Crippen LogP contribution in [0.15, 0.2) is 30.0 Å². The second kappa shape index (κ2) is 8.93. The van der Waals surface area contributed by atoms with Gasteiger partial charge in [0.25, 0.3) is 5.91 Å². The fourth-order valence-corrected chi connectivity index (χ4v) is 1.88. The predicted octanol–water partition coefficient (Wildman–Crippen LogP) is 1.81. The van der Waals surface area contributed by atoms with Gasteiger partial charge >= 0.3 is 0 Å². The van der Waals surface area contributed by atoms with Gasteiger partial charge in [0.05, 0.1) is 10.7 Å². The Balaban J connectivity index is 2.59. The van der Waals surface area contributed by atoms with Gasteiger partial charge in [-0.1, -0.05) is 11.6 Å². The molecule has 0 heterocycles. The summed E-state index contributed by atoms with van der Waals surface area (Å²) in [6, 6.07) is 6.61. The van der Waals surface area contributed by atoms with Gasteiger partial charge in [-0.15, -0.1) is 0 Å². The SMILES string of the molecule is CN(C)CCCN/C=C(/C#N)C(=O)Nc1ccc(N)cc1Cl. The number of amides is 1. The highest BCUT2D eigenvalue weighted by Crippen LogP contribution is 2.24. The number of carbonyl (C=O) groups excluding carboxylic acids is 1. The van der Waals surface area contributed by atoms with Gasteiger partial charge in [0.1, 0.15) is 11.6 Å². The summed E-state index contributed by atoms with van der Waals surface area (Å²) >= 11 is 5.98. The lowest BCUT2D eigenvalue weighted by atomic mass is 10.2. The van der Waals surface area contributed by atoms with E-state index in [-0.39, 0.29) is 5.57 Å². The van der Waals surface area contributed by atoms with Crippen LogP contribution in [0.2, 0.25) is 5.02 Å². The third-order valence-corrected chi connectivity index (χ3v) is 3.09. The third kappa shape index (κ3) is 6.04. The van der Waals surface area contributed by atoms with Crippen molar-refractivity contribution in [3.05, 3.63) is 35.0 Å². The van der Waals surface area contributed by atoms with Crippen molar-refractivity contribution in [1.82, 2.24) is 10.2 Å². The molecule has 0 aliphatic rings. The molecule has 0 unspecified atom stereocenters. The number of nitrogens with one attached hydrogen (secondary N) is 2. The van der Waals surface area contributed by atoms with Crippen molar-refractivity contribution in [2.75, 3.05) is 38.2 Å². The Labute approximate surface area is 135 Å². The van der Waals surface area contributed by atoms with Crippen LogP contribution in [0.4, 0.5) is 11.4 Å². The molecule has 0 spiro atoms. The molecule has 1 aromatic rings. The molecule has 0 aromatic heterocycles. The summed E-state index contributed by atoms with van der Waals surface area (Å²) in [5.41, 5.74) is 6.48. The molecule has 0 aliphatic heterocycles. The minimum Gasteiger partial charge on any atom is -0.399 e. The lowest BCUT2D eigenvalue weighted by molar-refractivity contribution is -0.112. The second-order valence-electron chi connectivity index (χ2n) is 4.97. The van der Waals surface area contributed by atoms with E-state index in [0.717, 1.165) is 13.0 Å². The molecule has 1 rings (SSSR count). The van der Waals surface area contributed by atoms with Gasteiger partial charge in [-0.3, -0.25) is 4.79 Å². The minimum absolute atomic E-state index is 0.0160. The zero-order valence-corrected chi connectivity index (χ0v) is 13.4. The summed E-state index contributed by atoms with van der Waals surface area (Å²) in [6.45, 7) is 1.61. The molecular weight excluding hydrogens is 302 g/mol. The summed E-state index contributed by atoms with van der Waals surface area (Å²) in [5.74, 6) is -0.519. The maximum atomic E-state index is 12.0. The van der Waals surface area contributed by atoms with E-state index in [2.05, 4.69) is 15.5 Å². The van der Waals surface area contributed by atoms with Crippen molar-refractivity contribution < 1.29 is 4.79 Å². The maximum Gasteiger partial charge on any atom is 0.267 e. The molecular formula is C15H20ClN5O. The van der Waals surface area contributed by atoms with Gasteiger partial charge in [0.15, 0.2) is 0 Å². The molecule has 22 heavy (non-hydrogen) atoms. The maximum absolute atomic E-state index is 12.0. The van der Waals surface area contributed by atoms with Crippen molar-refractivity contribution in [2.24, 2.45) is 0 Å². The number of nitrogen functional groups attached to an aromatic ring is 1. The van der Waals surface area contributed by atoms with Crippen LogP contribution in [0.3, 0.4) is 0 Å². The number of rotatable bonds is 7. The summed E-state index contributed by atoms with van der Waals surface area (Å²) in [5, 5.41) is 14.9. The number of carbonyl (C=O) groups is 1. The van der Waals surface area contributed by atoms with Crippen molar-refractivity contribution in [1.29, 1.82) is 5.26 Å². The molecule has 4 N–H and O–H groups in total. The lowest BCUT2D eigenvalue weighted by Crippen LogP contribution is -2.20. The summed E-state index contributed by atoms with van der Waals surface area (Å²) < 4.78 is 0. The summed E-state index contributed by atoms with van der Waals surface area (Å²) in [6.07, 6.45) is 2.32. The largest absolute Gasteiger partial charge is 0.399 e. The number of benzene rings is 1. The molecule has 1 aromatic carbocycles. The number of hydrogen-bond donors (Lipinski definition) is 3. The topological polar surface area (TPSA) is 94.2 Å². The normalized spacial score (nSPS) is 11.1. The second-order valence-corrected chi connectivity index (χ2v) is 5.38. The van der Waals surface area contributed by atoms with Crippen molar-refractivity contribution in [3.8, 4) is 6.07 Å². The van der Waals surface area contributed by atoms with E-state index in [0.29, 0.717) is 22.9 Å². The minimum atomic E-state index is -0.519. The monoisotopic (exact) mass is 321 g/mol. The molecule has 0 saturated heterocycles. The zero-order chi connectivity index (χ0) is 16.5. The smallest absolute Gasteiger partial charge is 0.267 e. The highest BCUT2D eigenvalue weighted by Gasteiger charge is 2.11. The van der Waals surface area contributed by atoms with Gasteiger partial charge in [0.2, 0.25) is 0 Å². The molecule has 0 aliphatic carbocycles. The molecule has 0 bridgehead atoms. The molecule has 0 atom stereocenters. The van der Waals surface area contributed by atoms with Crippen LogP contribution < -0.4 is 16.4 Å². The van der Waals surface area contributed by atoms with Crippen LogP contribution in [-0.2, 0) is 4.79 Å². The Bertz CT molecular complexity index is 592. The molecule has 0 fully saturated rings. The van der Waals surface area contributed by atoms with Crippen LogP contribution in [0, 0.1) is 11.3 Å². The van der Waals surface area contributed by atoms with Crippen LogP contribution in [0.1, 0.15) is 6.42 Å². The number of halogens is 1. The number of nitrogens with two attached hydrogens (primary N) is 1. The quantitative estimate of drug-likeness (QED) is 0.308. The fourth-order valence-electron chi connectivity index (χ4n) is 1.64. The number of nitriles is 1. The standard InChI is InChI=1S/C15H20ClN5O/c1-21(2)7-3-6-19-10-11(9-17)15(22)20-14-5-4-12(18)8-13(14)16/h4-5,8,10,19H,3,6-7,18H2,1-2H3,(H,20,22)/b11-10-. The molecule has 0 saturated carbocycles. The molecule has 6 nitrogen and oxygen atoms in total. The fraction of sp³-hybridized carbons (Fsp3) is 0.333. The van der Waals surface area contributed by atoms with E-state index in [9.17, 15) is 4.79 Å². The zero-order valence-electron chi connectivity index (χ0n) is 12.7. The molecule has 118 valence electrons. The van der Waals surface area contributed by atoms with Crippen LogP contribution in [0.5, 0.6) is 0 Å². The predicted molar refractivity (Wildman–Crippen MR) is 89.4 cm³/mol. The van der Waals surface area contributed by atoms with E-state index in [1.807, 2.05) is 20.2 Å². The number of nitrogens with zero attached hydrogens (tertiary/aromatic N) is 2. The first kappa shape index (κ1) is 17.8. The van der Waals surface area contributed by atoms with E-state index < -0.39 is 5.91 Å². The Morgan fingerprint density at radius 2 is 2.23 bits per heavy atom. The van der Waals surface area contributed by atoms with Crippen LogP contribution >= 0.6 is 11.6 Å². The Hall–Kier alpha value is -2.23. The Morgan fingerprint density at radius 3 is 2.82 bits per heavy atom.